The van der Waals surface area contributed by atoms with Crippen LogP contribution in [0.3, 0.4) is 0 Å². The van der Waals surface area contributed by atoms with E-state index in [4.69, 9.17) is 0 Å². The third-order valence-electron chi connectivity index (χ3n) is 3.69. The SMILES string of the molecule is CSc1ccc(CN(C)c2c(C#N)c(=O)n(C)c(=O)n2C)cc1. The molecule has 0 atom stereocenters. The van der Waals surface area contributed by atoms with Gasteiger partial charge in [0.1, 0.15) is 11.9 Å². The van der Waals surface area contributed by atoms with E-state index in [1.54, 1.807) is 30.8 Å². The van der Waals surface area contributed by atoms with E-state index in [2.05, 4.69) is 0 Å². The van der Waals surface area contributed by atoms with Crippen molar-refractivity contribution >= 4 is 17.6 Å². The molecular formula is C16H18N4O2S. The number of anilines is 1. The standard InChI is InChI=1S/C16H18N4O2S/c1-18(10-11-5-7-12(23-4)8-6-11)14-13(9-17)15(21)20(3)16(22)19(14)2/h5-8H,10H2,1-4H3. The predicted molar refractivity (Wildman–Crippen MR) is 92.0 cm³/mol. The van der Waals surface area contributed by atoms with Crippen LogP contribution in [0.25, 0.3) is 0 Å². The molecule has 0 fully saturated rings. The van der Waals surface area contributed by atoms with Crippen molar-refractivity contribution in [3.63, 3.8) is 0 Å². The van der Waals surface area contributed by atoms with E-state index in [1.165, 1.54) is 11.6 Å². The lowest BCUT2D eigenvalue weighted by Gasteiger charge is -2.23. The number of hydrogen-bond acceptors (Lipinski definition) is 5. The molecule has 0 unspecified atom stereocenters. The third kappa shape index (κ3) is 3.17. The van der Waals surface area contributed by atoms with Gasteiger partial charge in [0, 0.05) is 32.6 Å². The van der Waals surface area contributed by atoms with Crippen LogP contribution in [0, 0.1) is 11.3 Å². The van der Waals surface area contributed by atoms with Gasteiger partial charge in [-0.3, -0.25) is 13.9 Å². The minimum atomic E-state index is -0.574. The fourth-order valence-electron chi connectivity index (χ4n) is 2.46. The molecule has 0 aliphatic carbocycles. The van der Waals surface area contributed by atoms with Gasteiger partial charge >= 0.3 is 5.69 Å². The van der Waals surface area contributed by atoms with E-state index in [1.807, 2.05) is 36.6 Å². The van der Waals surface area contributed by atoms with Gasteiger partial charge < -0.3 is 4.90 Å². The largest absolute Gasteiger partial charge is 0.355 e. The third-order valence-corrected chi connectivity index (χ3v) is 4.43. The Morgan fingerprint density at radius 3 is 2.30 bits per heavy atom. The molecule has 0 bridgehead atoms. The Balaban J connectivity index is 2.47. The molecule has 2 aromatic rings. The van der Waals surface area contributed by atoms with E-state index in [0.717, 1.165) is 15.0 Å². The van der Waals surface area contributed by atoms with Gasteiger partial charge in [-0.2, -0.15) is 5.26 Å². The van der Waals surface area contributed by atoms with Crippen molar-refractivity contribution in [2.24, 2.45) is 14.1 Å². The van der Waals surface area contributed by atoms with Crippen LogP contribution in [-0.4, -0.2) is 22.4 Å². The molecular weight excluding hydrogens is 312 g/mol. The molecule has 1 heterocycles. The first-order valence-electron chi connectivity index (χ1n) is 6.95. The highest BCUT2D eigenvalue weighted by atomic mass is 32.2. The Kier molecular flexibility index (Phi) is 4.96. The van der Waals surface area contributed by atoms with E-state index in [0.29, 0.717) is 12.4 Å². The van der Waals surface area contributed by atoms with Crippen LogP contribution in [0.2, 0.25) is 0 Å². The number of thioether (sulfide) groups is 1. The maximum absolute atomic E-state index is 12.1. The maximum atomic E-state index is 12.1. The Labute approximate surface area is 138 Å². The number of nitriles is 1. The highest BCUT2D eigenvalue weighted by Gasteiger charge is 2.18. The summed E-state index contributed by atoms with van der Waals surface area (Å²) in [5.74, 6) is 0.328. The fourth-order valence-corrected chi connectivity index (χ4v) is 2.87. The normalized spacial score (nSPS) is 10.4. The molecule has 0 saturated heterocycles. The molecule has 23 heavy (non-hydrogen) atoms. The van der Waals surface area contributed by atoms with Gasteiger partial charge in [-0.15, -0.1) is 11.8 Å². The molecule has 1 aromatic heterocycles. The zero-order valence-corrected chi connectivity index (χ0v) is 14.3. The first-order valence-corrected chi connectivity index (χ1v) is 8.17. The van der Waals surface area contributed by atoms with Crippen LogP contribution in [-0.2, 0) is 20.6 Å². The smallest absolute Gasteiger partial charge is 0.332 e. The Morgan fingerprint density at radius 1 is 1.17 bits per heavy atom. The molecule has 0 amide bonds. The first kappa shape index (κ1) is 16.9. The summed E-state index contributed by atoms with van der Waals surface area (Å²) < 4.78 is 2.28. The lowest BCUT2D eigenvalue weighted by atomic mass is 10.2. The molecule has 120 valence electrons. The van der Waals surface area contributed by atoms with Crippen LogP contribution < -0.4 is 16.1 Å². The summed E-state index contributed by atoms with van der Waals surface area (Å²) in [4.78, 5) is 27.1. The minimum absolute atomic E-state index is 0.0298. The average Bonchev–Trinajstić information content (AvgIpc) is 2.56. The second-order valence-corrected chi connectivity index (χ2v) is 6.10. The van der Waals surface area contributed by atoms with Crippen LogP contribution in [0.15, 0.2) is 38.8 Å². The fraction of sp³-hybridized carbons (Fsp3) is 0.312. The zero-order chi connectivity index (χ0) is 17.1. The van der Waals surface area contributed by atoms with Crippen molar-refractivity contribution in [3.05, 3.63) is 56.2 Å². The number of nitrogens with zero attached hydrogens (tertiary/aromatic N) is 4. The molecule has 0 aliphatic heterocycles. The summed E-state index contributed by atoms with van der Waals surface area (Å²) in [5.41, 5.74) is -0.0242. The quantitative estimate of drug-likeness (QED) is 0.791. The Bertz CT molecular complexity index is 875. The van der Waals surface area contributed by atoms with Gasteiger partial charge in [0.05, 0.1) is 0 Å². The van der Waals surface area contributed by atoms with Crippen molar-refractivity contribution in [1.82, 2.24) is 9.13 Å². The number of hydrogen-bond donors (Lipinski definition) is 0. The lowest BCUT2D eigenvalue weighted by Crippen LogP contribution is -2.41. The lowest BCUT2D eigenvalue weighted by molar-refractivity contribution is 0.667. The highest BCUT2D eigenvalue weighted by Crippen LogP contribution is 2.19. The molecule has 2 rings (SSSR count). The summed E-state index contributed by atoms with van der Waals surface area (Å²) in [6, 6.07) is 9.94. The van der Waals surface area contributed by atoms with E-state index >= 15 is 0 Å². The van der Waals surface area contributed by atoms with Crippen LogP contribution in [0.4, 0.5) is 5.82 Å². The van der Waals surface area contributed by atoms with Crippen molar-refractivity contribution in [3.8, 4) is 6.07 Å². The molecule has 0 saturated carbocycles. The van der Waals surface area contributed by atoms with E-state index < -0.39 is 11.2 Å². The van der Waals surface area contributed by atoms with Crippen LogP contribution in [0.5, 0.6) is 0 Å². The number of aromatic nitrogens is 2. The molecule has 0 aliphatic rings. The first-order chi connectivity index (χ1) is 10.9. The van der Waals surface area contributed by atoms with Gasteiger partial charge in [0.2, 0.25) is 0 Å². The minimum Gasteiger partial charge on any atom is -0.355 e. The molecule has 0 radical (unpaired) electrons. The molecule has 0 N–H and O–H groups in total. The van der Waals surface area contributed by atoms with Gasteiger partial charge in [0.25, 0.3) is 5.56 Å². The summed E-state index contributed by atoms with van der Waals surface area (Å²) in [6.07, 6.45) is 2.01. The van der Waals surface area contributed by atoms with Gasteiger partial charge in [-0.1, -0.05) is 12.1 Å². The Hall–Kier alpha value is -2.46. The Morgan fingerprint density at radius 2 is 1.78 bits per heavy atom. The topological polar surface area (TPSA) is 71.0 Å². The summed E-state index contributed by atoms with van der Waals surface area (Å²) >= 11 is 1.66. The molecule has 7 heteroatoms. The molecule has 0 spiro atoms. The summed E-state index contributed by atoms with van der Waals surface area (Å²) in [7, 11) is 4.69. The van der Waals surface area contributed by atoms with Gasteiger partial charge in [-0.25, -0.2) is 4.79 Å². The van der Waals surface area contributed by atoms with Crippen molar-refractivity contribution < 1.29 is 0 Å². The predicted octanol–water partition coefficient (Wildman–Crippen LogP) is 1.31. The van der Waals surface area contributed by atoms with Crippen molar-refractivity contribution in [2.45, 2.75) is 11.4 Å². The van der Waals surface area contributed by atoms with Crippen LogP contribution in [0.1, 0.15) is 11.1 Å². The van der Waals surface area contributed by atoms with Crippen molar-refractivity contribution in [1.29, 1.82) is 5.26 Å². The second kappa shape index (κ2) is 6.75. The summed E-state index contributed by atoms with van der Waals surface area (Å²) in [6.45, 7) is 0.490. The number of benzene rings is 1. The number of rotatable bonds is 4. The van der Waals surface area contributed by atoms with E-state index in [9.17, 15) is 14.9 Å². The zero-order valence-electron chi connectivity index (χ0n) is 13.5. The molecule has 1 aromatic carbocycles. The highest BCUT2D eigenvalue weighted by molar-refractivity contribution is 7.98. The second-order valence-electron chi connectivity index (χ2n) is 5.22. The van der Waals surface area contributed by atoms with Gasteiger partial charge in [-0.05, 0) is 24.0 Å². The summed E-state index contributed by atoms with van der Waals surface area (Å²) in [5, 5.41) is 9.31. The maximum Gasteiger partial charge on any atom is 0.332 e. The monoisotopic (exact) mass is 330 g/mol. The average molecular weight is 330 g/mol. The van der Waals surface area contributed by atoms with Gasteiger partial charge in [0.15, 0.2) is 5.56 Å². The molecule has 6 nitrogen and oxygen atoms in total. The van der Waals surface area contributed by atoms with Crippen molar-refractivity contribution in [2.75, 3.05) is 18.2 Å². The van der Waals surface area contributed by atoms with Crippen LogP contribution >= 0.6 is 11.8 Å². The van der Waals surface area contributed by atoms with E-state index in [-0.39, 0.29) is 5.56 Å².